The summed E-state index contributed by atoms with van der Waals surface area (Å²) in [5, 5.41) is 31.1. The van der Waals surface area contributed by atoms with Gasteiger partial charge in [0.2, 0.25) is 0 Å². The average Bonchev–Trinajstić information content (AvgIpc) is 2.71. The van der Waals surface area contributed by atoms with Crippen LogP contribution in [0.5, 0.6) is 5.75 Å². The van der Waals surface area contributed by atoms with Gasteiger partial charge < -0.3 is 15.3 Å². The third-order valence-corrected chi connectivity index (χ3v) is 5.60. The molecule has 0 radical (unpaired) electrons. The molecule has 0 heterocycles. The lowest BCUT2D eigenvalue weighted by molar-refractivity contribution is -0.0505. The molecule has 0 unspecified atom stereocenters. The van der Waals surface area contributed by atoms with Crippen molar-refractivity contribution in [2.45, 2.75) is 57.0 Å². The molecule has 3 aliphatic rings. The van der Waals surface area contributed by atoms with E-state index in [1.165, 1.54) is 6.07 Å². The Morgan fingerprint density at radius 2 is 2.24 bits per heavy atom. The fourth-order valence-electron chi connectivity index (χ4n) is 4.39. The molecule has 0 bridgehead atoms. The minimum atomic E-state index is -2.45. The van der Waals surface area contributed by atoms with Crippen LogP contribution >= 0.6 is 0 Å². The number of aliphatic hydroxyl groups is 2. The monoisotopic (exact) mass is 295 g/mol. The summed E-state index contributed by atoms with van der Waals surface area (Å²) < 4.78 is 58.7. The van der Waals surface area contributed by atoms with Crippen molar-refractivity contribution in [1.29, 1.82) is 0 Å². The largest absolute Gasteiger partial charge is 0.508 e. The minimum Gasteiger partial charge on any atom is -0.508 e. The highest BCUT2D eigenvalue weighted by Gasteiger charge is 2.57. The Morgan fingerprint density at radius 3 is 3.05 bits per heavy atom. The zero-order chi connectivity index (χ0) is 21.1. The quantitative estimate of drug-likeness (QED) is 0.689. The second-order valence-electron chi connectivity index (χ2n) is 6.59. The van der Waals surface area contributed by atoms with Gasteiger partial charge in [0.1, 0.15) is 5.75 Å². The molecule has 1 aromatic rings. The molecule has 4 rings (SSSR count). The number of hydrogen-bond donors (Lipinski definition) is 3. The summed E-state index contributed by atoms with van der Waals surface area (Å²) in [7, 11) is 0. The first-order valence-electron chi connectivity index (χ1n) is 10.9. The van der Waals surface area contributed by atoms with Crippen molar-refractivity contribution in [2.24, 2.45) is 17.3 Å². The van der Waals surface area contributed by atoms with Crippen LogP contribution in [0.15, 0.2) is 18.2 Å². The van der Waals surface area contributed by atoms with Gasteiger partial charge in [0.05, 0.1) is 17.6 Å². The number of phenolic OH excluding ortho intramolecular Hbond substituents is 1. The van der Waals surface area contributed by atoms with Gasteiger partial charge in [-0.1, -0.05) is 13.0 Å². The summed E-state index contributed by atoms with van der Waals surface area (Å²) in [6.45, 7) is 1.62. The van der Waals surface area contributed by atoms with Crippen molar-refractivity contribution in [2.75, 3.05) is 0 Å². The van der Waals surface area contributed by atoms with Gasteiger partial charge in [-0.05, 0) is 78.4 Å². The van der Waals surface area contributed by atoms with Crippen LogP contribution in [0.2, 0.25) is 0 Å². The maximum Gasteiger partial charge on any atom is 0.115 e. The van der Waals surface area contributed by atoms with Gasteiger partial charge >= 0.3 is 0 Å². The van der Waals surface area contributed by atoms with Crippen LogP contribution in [0.3, 0.4) is 0 Å². The molecule has 3 nitrogen and oxygen atoms in total. The van der Waals surface area contributed by atoms with Gasteiger partial charge in [-0.25, -0.2) is 0 Å². The molecule has 114 valence electrons. The van der Waals surface area contributed by atoms with Gasteiger partial charge in [0.25, 0.3) is 0 Å². The highest BCUT2D eigenvalue weighted by atomic mass is 16.3. The van der Waals surface area contributed by atoms with Crippen LogP contribution in [0.4, 0.5) is 0 Å². The first kappa shape index (κ1) is 7.98. The van der Waals surface area contributed by atoms with Crippen molar-refractivity contribution in [3.8, 4) is 5.75 Å². The van der Waals surface area contributed by atoms with Gasteiger partial charge in [-0.15, -0.1) is 0 Å². The third kappa shape index (κ3) is 1.80. The highest BCUT2D eigenvalue weighted by Crippen LogP contribution is 2.60. The van der Waals surface area contributed by atoms with Crippen molar-refractivity contribution in [3.63, 3.8) is 0 Å². The summed E-state index contributed by atoms with van der Waals surface area (Å²) in [6.07, 6.45) is -7.07. The van der Waals surface area contributed by atoms with Crippen LogP contribution in [0, 0.1) is 17.3 Å². The molecule has 6 atom stereocenters. The lowest BCUT2D eigenvalue weighted by atomic mass is 9.55. The molecule has 3 N–H and O–H groups in total. The van der Waals surface area contributed by atoms with Crippen molar-refractivity contribution >= 4 is 0 Å². The predicted molar refractivity (Wildman–Crippen MR) is 80.1 cm³/mol. The Morgan fingerprint density at radius 1 is 1.43 bits per heavy atom. The minimum absolute atomic E-state index is 0.0869. The molecule has 3 heteroatoms. The van der Waals surface area contributed by atoms with E-state index in [1.54, 1.807) is 6.92 Å². The van der Waals surface area contributed by atoms with Gasteiger partial charge in [-0.2, -0.15) is 0 Å². The van der Waals surface area contributed by atoms with Gasteiger partial charge in [-0.3, -0.25) is 0 Å². The van der Waals surface area contributed by atoms with Gasteiger partial charge in [0, 0.05) is 4.11 Å². The van der Waals surface area contributed by atoms with E-state index in [1.807, 2.05) is 0 Å². The van der Waals surface area contributed by atoms with Crippen molar-refractivity contribution < 1.29 is 24.9 Å². The summed E-state index contributed by atoms with van der Waals surface area (Å²) in [5.41, 5.74) is -1.09. The average molecular weight is 295 g/mol. The normalized spacial score (nSPS) is 62.5. The van der Waals surface area contributed by atoms with E-state index in [2.05, 4.69) is 0 Å². The summed E-state index contributed by atoms with van der Waals surface area (Å²) in [5.74, 6) is -3.37. The summed E-state index contributed by atoms with van der Waals surface area (Å²) >= 11 is 0. The van der Waals surface area contributed by atoms with E-state index in [-0.39, 0.29) is 42.9 Å². The molecule has 0 aliphatic heterocycles. The van der Waals surface area contributed by atoms with Crippen LogP contribution in [-0.4, -0.2) is 27.5 Å². The van der Waals surface area contributed by atoms with E-state index < -0.39 is 53.5 Å². The zero-order valence-corrected chi connectivity index (χ0v) is 11.9. The topological polar surface area (TPSA) is 60.7 Å². The number of aromatic hydroxyl groups is 1. The Balaban J connectivity index is 1.94. The lowest BCUT2D eigenvalue weighted by Gasteiger charge is -2.49. The molecule has 1 aromatic carbocycles. The van der Waals surface area contributed by atoms with E-state index in [4.69, 9.17) is 8.22 Å². The zero-order valence-electron chi connectivity index (χ0n) is 18.9. The molecule has 0 aromatic heterocycles. The molecule has 0 spiro atoms. The molecule has 0 saturated heterocycles. The Bertz CT molecular complexity index is 871. The molecule has 2 saturated carbocycles. The number of phenols is 1. The molecular weight excluding hydrogens is 264 g/mol. The SMILES string of the molecule is [2H]c1cc2c(c([2H])c1O)C([2H])([2H])C[C@H]1[C@@H]3C[C@@]([2H])(O)[C@]([2H])(O)[C@@]3(C)CC[C@]21[2H]. The first-order valence-corrected chi connectivity index (χ1v) is 7.39. The molecular formula is C18H24O3. The molecule has 21 heavy (non-hydrogen) atoms. The fraction of sp³-hybridized carbons (Fsp3) is 0.667. The number of rotatable bonds is 0. The predicted octanol–water partition coefficient (Wildman–Crippen LogP) is 2.58. The molecule has 3 aliphatic carbocycles. The molecule has 0 amide bonds. The third-order valence-electron chi connectivity index (χ3n) is 5.60. The highest BCUT2D eigenvalue weighted by molar-refractivity contribution is 5.40. The second-order valence-corrected chi connectivity index (χ2v) is 6.59. The standard InChI is InChI=1S/C18H24O3/c1-18-7-6-13-12-5-3-11(19)8-10(12)2-4-14(13)15(18)9-16(20)17(18)21/h3,5,8,13-17,19-21H,2,4,6-7,9H2,1H3/t13-,14-,15+,16-,17+,18+/m1/s1/i2D2,3D,8D,13D,16D,17D. The van der Waals surface area contributed by atoms with E-state index in [9.17, 15) is 16.7 Å². The summed E-state index contributed by atoms with van der Waals surface area (Å²) in [4.78, 5) is 0. The molecule has 2 fully saturated rings. The Hall–Kier alpha value is -1.06. The van der Waals surface area contributed by atoms with Crippen LogP contribution in [-0.2, 0) is 6.37 Å². The van der Waals surface area contributed by atoms with E-state index in [0.29, 0.717) is 0 Å². The number of hydrogen-bond acceptors (Lipinski definition) is 3. The van der Waals surface area contributed by atoms with Crippen molar-refractivity contribution in [3.05, 3.63) is 29.3 Å². The van der Waals surface area contributed by atoms with E-state index in [0.717, 1.165) is 0 Å². The van der Waals surface area contributed by atoms with Crippen molar-refractivity contribution in [1.82, 2.24) is 0 Å². The smallest absolute Gasteiger partial charge is 0.115 e. The second kappa shape index (κ2) is 4.47. The van der Waals surface area contributed by atoms with Crippen LogP contribution in [0.25, 0.3) is 0 Å². The van der Waals surface area contributed by atoms with Crippen LogP contribution < -0.4 is 0 Å². The van der Waals surface area contributed by atoms with Gasteiger partial charge in [0.15, 0.2) is 0 Å². The fourth-order valence-corrected chi connectivity index (χ4v) is 4.39. The number of benzene rings is 1. The Labute approximate surface area is 135 Å². The number of fused-ring (bicyclic) bond motifs is 5. The maximum atomic E-state index is 10.7. The van der Waals surface area contributed by atoms with E-state index >= 15 is 0 Å². The van der Waals surface area contributed by atoms with Crippen LogP contribution in [0.1, 0.15) is 59.2 Å². The summed E-state index contributed by atoms with van der Waals surface area (Å²) in [6, 6.07) is 0.420. The lowest BCUT2D eigenvalue weighted by Crippen LogP contribution is -2.44. The maximum absolute atomic E-state index is 10.7. The Kier molecular flexibility index (Phi) is 1.70. The first-order chi connectivity index (χ1) is 12.6.